The van der Waals surface area contributed by atoms with Crippen molar-refractivity contribution in [2.75, 3.05) is 39.8 Å². The Hall–Kier alpha value is -2.22. The lowest BCUT2D eigenvalue weighted by molar-refractivity contribution is -0.122. The minimum atomic E-state index is -0.574. The molecule has 1 heterocycles. The van der Waals surface area contributed by atoms with E-state index in [-0.39, 0.29) is 17.9 Å². The highest BCUT2D eigenvalue weighted by Crippen LogP contribution is 2.20. The van der Waals surface area contributed by atoms with Gasteiger partial charge in [-0.1, -0.05) is 13.0 Å². The quantitative estimate of drug-likeness (QED) is 0.487. The predicted octanol–water partition coefficient (Wildman–Crippen LogP) is 1.83. The van der Waals surface area contributed by atoms with E-state index < -0.39 is 11.6 Å². The summed E-state index contributed by atoms with van der Waals surface area (Å²) in [4.78, 5) is 18.2. The van der Waals surface area contributed by atoms with Crippen molar-refractivity contribution in [2.45, 2.75) is 38.6 Å². The Morgan fingerprint density at radius 1 is 1.32 bits per heavy atom. The Balaban J connectivity index is 1.89. The molecule has 0 bridgehead atoms. The van der Waals surface area contributed by atoms with Crippen molar-refractivity contribution in [2.24, 2.45) is 4.99 Å². The molecule has 1 aromatic rings. The molecule has 28 heavy (non-hydrogen) atoms. The van der Waals surface area contributed by atoms with Crippen LogP contribution in [0.3, 0.4) is 0 Å². The molecule has 1 fully saturated rings. The van der Waals surface area contributed by atoms with Crippen LogP contribution in [0.2, 0.25) is 0 Å². The van der Waals surface area contributed by atoms with Crippen molar-refractivity contribution in [3.8, 4) is 0 Å². The van der Waals surface area contributed by atoms with E-state index in [0.29, 0.717) is 24.6 Å². The predicted molar refractivity (Wildman–Crippen MR) is 107 cm³/mol. The van der Waals surface area contributed by atoms with Crippen molar-refractivity contribution >= 4 is 11.9 Å². The van der Waals surface area contributed by atoms with Crippen molar-refractivity contribution < 1.29 is 13.6 Å². The van der Waals surface area contributed by atoms with Gasteiger partial charge in [0.25, 0.3) is 0 Å². The first-order valence-corrected chi connectivity index (χ1v) is 9.85. The summed E-state index contributed by atoms with van der Waals surface area (Å²) in [6.45, 7) is 7.11. The summed E-state index contributed by atoms with van der Waals surface area (Å²) in [6.07, 6.45) is 1.84. The number of guanidine groups is 1. The first-order valence-electron chi connectivity index (χ1n) is 9.85. The number of amides is 1. The second-order valence-corrected chi connectivity index (χ2v) is 7.15. The van der Waals surface area contributed by atoms with Gasteiger partial charge in [-0.05, 0) is 31.4 Å². The molecule has 1 amide bonds. The minimum Gasteiger partial charge on any atom is -0.358 e. The van der Waals surface area contributed by atoms with Crippen LogP contribution in [0.1, 0.15) is 38.2 Å². The monoisotopic (exact) mass is 395 g/mol. The zero-order chi connectivity index (χ0) is 20.5. The summed E-state index contributed by atoms with van der Waals surface area (Å²) in [5.74, 6) is -0.547. The zero-order valence-electron chi connectivity index (χ0n) is 16.9. The molecule has 1 aromatic carbocycles. The SMILES string of the molecule is CCNC(=NCC(C)c1ccc(F)cc1F)NC1CCN(CC(=O)NC)CC1. The molecule has 0 spiro atoms. The highest BCUT2D eigenvalue weighted by Gasteiger charge is 2.21. The van der Waals surface area contributed by atoms with Gasteiger partial charge >= 0.3 is 0 Å². The average Bonchev–Trinajstić information content (AvgIpc) is 2.67. The number of likely N-dealkylation sites (tertiary alicyclic amines) is 1. The van der Waals surface area contributed by atoms with Gasteiger partial charge in [-0.15, -0.1) is 0 Å². The summed E-state index contributed by atoms with van der Waals surface area (Å²) in [5.41, 5.74) is 0.462. The molecule has 1 aliphatic rings. The Bertz CT molecular complexity index is 675. The topological polar surface area (TPSA) is 68.8 Å². The molecule has 6 nitrogen and oxygen atoms in total. The van der Waals surface area contributed by atoms with Crippen LogP contribution in [0.25, 0.3) is 0 Å². The molecule has 0 radical (unpaired) electrons. The fourth-order valence-electron chi connectivity index (χ4n) is 3.26. The molecular weight excluding hydrogens is 364 g/mol. The van der Waals surface area contributed by atoms with Gasteiger partial charge in [-0.2, -0.15) is 0 Å². The number of hydrogen-bond donors (Lipinski definition) is 3. The molecule has 1 atom stereocenters. The maximum atomic E-state index is 13.9. The molecule has 0 aliphatic carbocycles. The third kappa shape index (κ3) is 6.74. The van der Waals surface area contributed by atoms with Gasteiger partial charge in [0.15, 0.2) is 5.96 Å². The normalized spacial score (nSPS) is 17.2. The number of likely N-dealkylation sites (N-methyl/N-ethyl adjacent to an activating group) is 1. The van der Waals surface area contributed by atoms with Gasteiger partial charge in [0, 0.05) is 51.3 Å². The highest BCUT2D eigenvalue weighted by molar-refractivity contribution is 5.80. The van der Waals surface area contributed by atoms with E-state index in [2.05, 4.69) is 25.8 Å². The summed E-state index contributed by atoms with van der Waals surface area (Å²) in [7, 11) is 1.65. The number of nitrogens with zero attached hydrogens (tertiary/aromatic N) is 2. The highest BCUT2D eigenvalue weighted by atomic mass is 19.1. The summed E-state index contributed by atoms with van der Waals surface area (Å²) >= 11 is 0. The smallest absolute Gasteiger partial charge is 0.233 e. The van der Waals surface area contributed by atoms with Gasteiger partial charge in [-0.25, -0.2) is 8.78 Å². The van der Waals surface area contributed by atoms with Crippen LogP contribution in [0.5, 0.6) is 0 Å². The summed E-state index contributed by atoms with van der Waals surface area (Å²) in [5, 5.41) is 9.30. The number of nitrogens with one attached hydrogen (secondary N) is 3. The van der Waals surface area contributed by atoms with Gasteiger partial charge in [0.2, 0.25) is 5.91 Å². The van der Waals surface area contributed by atoms with Crippen molar-refractivity contribution in [3.05, 3.63) is 35.4 Å². The second-order valence-electron chi connectivity index (χ2n) is 7.15. The van der Waals surface area contributed by atoms with E-state index in [1.54, 1.807) is 7.05 Å². The lowest BCUT2D eigenvalue weighted by Crippen LogP contribution is -2.50. The third-order valence-corrected chi connectivity index (χ3v) is 4.94. The Morgan fingerprint density at radius 2 is 2.04 bits per heavy atom. The molecule has 1 saturated heterocycles. The molecule has 3 N–H and O–H groups in total. The number of rotatable bonds is 7. The van der Waals surface area contributed by atoms with E-state index in [9.17, 15) is 13.6 Å². The fraction of sp³-hybridized carbons (Fsp3) is 0.600. The minimum absolute atomic E-state index is 0.0309. The number of hydrogen-bond acceptors (Lipinski definition) is 3. The maximum Gasteiger partial charge on any atom is 0.233 e. The molecule has 8 heteroatoms. The van der Waals surface area contributed by atoms with Crippen molar-refractivity contribution in [1.29, 1.82) is 0 Å². The first kappa shape index (κ1) is 22.1. The van der Waals surface area contributed by atoms with Gasteiger partial charge in [-0.3, -0.25) is 14.7 Å². The number of aliphatic imine (C=N–C) groups is 1. The lowest BCUT2D eigenvalue weighted by atomic mass is 10.0. The molecule has 0 saturated carbocycles. The van der Waals surface area contributed by atoms with E-state index in [4.69, 9.17) is 0 Å². The molecule has 156 valence electrons. The Morgan fingerprint density at radius 3 is 2.64 bits per heavy atom. The first-order chi connectivity index (χ1) is 13.4. The fourth-order valence-corrected chi connectivity index (χ4v) is 3.26. The summed E-state index contributed by atoms with van der Waals surface area (Å²) in [6, 6.07) is 3.93. The number of benzene rings is 1. The molecule has 1 unspecified atom stereocenters. The van der Waals surface area contributed by atoms with Crippen molar-refractivity contribution in [1.82, 2.24) is 20.9 Å². The van der Waals surface area contributed by atoms with E-state index >= 15 is 0 Å². The molecular formula is C20H31F2N5O. The van der Waals surface area contributed by atoms with E-state index in [1.165, 1.54) is 12.1 Å². The zero-order valence-corrected chi connectivity index (χ0v) is 16.9. The Kier molecular flexibility index (Phi) is 8.63. The third-order valence-electron chi connectivity index (χ3n) is 4.94. The van der Waals surface area contributed by atoms with Crippen LogP contribution in [0.15, 0.2) is 23.2 Å². The van der Waals surface area contributed by atoms with E-state index in [0.717, 1.165) is 38.5 Å². The number of halogens is 2. The average molecular weight is 395 g/mol. The Labute approximate surface area is 165 Å². The number of piperidine rings is 1. The van der Waals surface area contributed by atoms with Crippen LogP contribution >= 0.6 is 0 Å². The lowest BCUT2D eigenvalue weighted by Gasteiger charge is -2.32. The molecule has 1 aliphatic heterocycles. The van der Waals surface area contributed by atoms with Crippen LogP contribution in [0.4, 0.5) is 8.78 Å². The second kappa shape index (κ2) is 10.9. The standard InChI is InChI=1S/C20H31F2N5O/c1-4-24-20(25-12-14(2)17-6-5-15(21)11-18(17)22)26-16-7-9-27(10-8-16)13-19(28)23-3/h5-6,11,14,16H,4,7-10,12-13H2,1-3H3,(H,23,28)(H2,24,25,26). The number of carbonyl (C=O) groups excluding carboxylic acids is 1. The van der Waals surface area contributed by atoms with Crippen LogP contribution in [0, 0.1) is 11.6 Å². The van der Waals surface area contributed by atoms with Crippen LogP contribution in [-0.4, -0.2) is 62.6 Å². The van der Waals surface area contributed by atoms with E-state index in [1.807, 2.05) is 13.8 Å². The molecule has 0 aromatic heterocycles. The van der Waals surface area contributed by atoms with Crippen molar-refractivity contribution in [3.63, 3.8) is 0 Å². The van der Waals surface area contributed by atoms with Crippen LogP contribution in [-0.2, 0) is 4.79 Å². The summed E-state index contributed by atoms with van der Waals surface area (Å²) < 4.78 is 27.0. The number of carbonyl (C=O) groups is 1. The molecule has 2 rings (SSSR count). The van der Waals surface area contributed by atoms with Gasteiger partial charge in [0.1, 0.15) is 11.6 Å². The maximum absolute atomic E-state index is 13.9. The van der Waals surface area contributed by atoms with Gasteiger partial charge < -0.3 is 16.0 Å². The van der Waals surface area contributed by atoms with Crippen LogP contribution < -0.4 is 16.0 Å². The largest absolute Gasteiger partial charge is 0.358 e. The van der Waals surface area contributed by atoms with Gasteiger partial charge in [0.05, 0.1) is 6.54 Å².